The molecular formula is C27H33BrN2O5. The molecule has 0 bridgehead atoms. The van der Waals surface area contributed by atoms with E-state index in [1.54, 1.807) is 52.1 Å². The summed E-state index contributed by atoms with van der Waals surface area (Å²) in [6.45, 7) is 11.2. The van der Waals surface area contributed by atoms with Crippen LogP contribution in [0.5, 0.6) is 0 Å². The van der Waals surface area contributed by atoms with Crippen LogP contribution >= 0.6 is 15.9 Å². The summed E-state index contributed by atoms with van der Waals surface area (Å²) in [6.07, 6.45) is 0.0730. The maximum atomic E-state index is 13.8. The van der Waals surface area contributed by atoms with Crippen molar-refractivity contribution in [1.82, 2.24) is 4.90 Å². The monoisotopic (exact) mass is 544 g/mol. The Morgan fingerprint density at radius 3 is 2.11 bits per heavy atom. The summed E-state index contributed by atoms with van der Waals surface area (Å²) in [5.74, 6) is -0.708. The van der Waals surface area contributed by atoms with E-state index in [1.807, 2.05) is 39.0 Å². The molecule has 2 amide bonds. The normalized spacial score (nSPS) is 15.8. The molecule has 1 unspecified atom stereocenters. The van der Waals surface area contributed by atoms with E-state index >= 15 is 0 Å². The lowest BCUT2D eigenvalue weighted by atomic mass is 9.92. The van der Waals surface area contributed by atoms with Gasteiger partial charge in [-0.1, -0.05) is 28.1 Å². The van der Waals surface area contributed by atoms with E-state index in [1.165, 1.54) is 9.80 Å². The highest BCUT2D eigenvalue weighted by molar-refractivity contribution is 9.10. The predicted molar refractivity (Wildman–Crippen MR) is 139 cm³/mol. The second-order valence-electron chi connectivity index (χ2n) is 10.6. The Morgan fingerprint density at radius 1 is 0.943 bits per heavy atom. The van der Waals surface area contributed by atoms with Crippen LogP contribution in [0.4, 0.5) is 10.5 Å². The van der Waals surface area contributed by atoms with Crippen molar-refractivity contribution in [3.63, 3.8) is 0 Å². The Labute approximate surface area is 215 Å². The molecule has 0 spiro atoms. The highest BCUT2D eigenvalue weighted by Crippen LogP contribution is 2.36. The molecule has 0 saturated carbocycles. The van der Waals surface area contributed by atoms with Gasteiger partial charge in [-0.25, -0.2) is 9.59 Å². The SMILES string of the molecule is CN(C(=O)C1c2cccc(Br)c2CCN1C(=O)OC(C)(C)C)c1ccc(C(=O)OC(C)(C)C)cc1. The van der Waals surface area contributed by atoms with Gasteiger partial charge in [0, 0.05) is 23.8 Å². The van der Waals surface area contributed by atoms with Crippen molar-refractivity contribution in [3.8, 4) is 0 Å². The van der Waals surface area contributed by atoms with Gasteiger partial charge >= 0.3 is 12.1 Å². The first-order valence-electron chi connectivity index (χ1n) is 11.6. The number of fused-ring (bicyclic) bond motifs is 1. The lowest BCUT2D eigenvalue weighted by molar-refractivity contribution is -0.124. The van der Waals surface area contributed by atoms with Gasteiger partial charge in [-0.2, -0.15) is 0 Å². The Bertz CT molecular complexity index is 1120. The number of carbonyl (C=O) groups is 3. The van der Waals surface area contributed by atoms with Crippen LogP contribution in [0.25, 0.3) is 0 Å². The fourth-order valence-corrected chi connectivity index (χ4v) is 4.46. The summed E-state index contributed by atoms with van der Waals surface area (Å²) in [7, 11) is 1.66. The van der Waals surface area contributed by atoms with E-state index in [-0.39, 0.29) is 5.91 Å². The van der Waals surface area contributed by atoms with Crippen molar-refractivity contribution in [1.29, 1.82) is 0 Å². The molecule has 8 heteroatoms. The Kier molecular flexibility index (Phi) is 7.65. The molecule has 3 rings (SSSR count). The number of ether oxygens (including phenoxy) is 2. The van der Waals surface area contributed by atoms with Gasteiger partial charge in [0.2, 0.25) is 0 Å². The van der Waals surface area contributed by atoms with Gasteiger partial charge in [-0.15, -0.1) is 0 Å². The number of hydrogen-bond acceptors (Lipinski definition) is 5. The molecule has 1 atom stereocenters. The molecule has 0 fully saturated rings. The van der Waals surface area contributed by atoms with Crippen LogP contribution in [-0.2, 0) is 20.7 Å². The highest BCUT2D eigenvalue weighted by Gasteiger charge is 2.40. The zero-order valence-electron chi connectivity index (χ0n) is 21.3. The van der Waals surface area contributed by atoms with Crippen molar-refractivity contribution in [2.24, 2.45) is 0 Å². The molecule has 0 N–H and O–H groups in total. The van der Waals surface area contributed by atoms with Gasteiger partial charge in [0.1, 0.15) is 17.2 Å². The van der Waals surface area contributed by atoms with E-state index in [4.69, 9.17) is 9.47 Å². The number of hydrogen-bond donors (Lipinski definition) is 0. The molecule has 188 valence electrons. The molecule has 2 aromatic rings. The second-order valence-corrected chi connectivity index (χ2v) is 11.4. The molecule has 1 heterocycles. The fourth-order valence-electron chi connectivity index (χ4n) is 3.88. The van der Waals surface area contributed by atoms with Crippen LogP contribution in [0, 0.1) is 0 Å². The van der Waals surface area contributed by atoms with Crippen LogP contribution in [0.2, 0.25) is 0 Å². The Morgan fingerprint density at radius 2 is 1.54 bits per heavy atom. The molecule has 1 aliphatic rings. The van der Waals surface area contributed by atoms with Crippen LogP contribution in [0.3, 0.4) is 0 Å². The smallest absolute Gasteiger partial charge is 0.411 e. The summed E-state index contributed by atoms with van der Waals surface area (Å²) in [5, 5.41) is 0. The zero-order valence-corrected chi connectivity index (χ0v) is 22.9. The molecular weight excluding hydrogens is 512 g/mol. The predicted octanol–water partition coefficient (Wildman–Crippen LogP) is 5.90. The van der Waals surface area contributed by atoms with Gasteiger partial charge < -0.3 is 14.4 Å². The molecule has 2 aromatic carbocycles. The average molecular weight is 545 g/mol. The van der Waals surface area contributed by atoms with Gasteiger partial charge in [-0.3, -0.25) is 9.69 Å². The van der Waals surface area contributed by atoms with Crippen LogP contribution in [0.1, 0.15) is 69.1 Å². The van der Waals surface area contributed by atoms with Gasteiger partial charge in [-0.05, 0) is 89.4 Å². The lowest BCUT2D eigenvalue weighted by Crippen LogP contribution is -2.49. The topological polar surface area (TPSA) is 76.2 Å². The molecule has 0 saturated heterocycles. The molecule has 0 aliphatic carbocycles. The molecule has 1 aliphatic heterocycles. The van der Waals surface area contributed by atoms with Crippen LogP contribution in [-0.4, -0.2) is 47.7 Å². The van der Waals surface area contributed by atoms with Crippen LogP contribution in [0.15, 0.2) is 46.9 Å². The van der Waals surface area contributed by atoms with Crippen molar-refractivity contribution >= 4 is 39.6 Å². The minimum absolute atomic E-state index is 0.278. The quantitative estimate of drug-likeness (QED) is 0.449. The van der Waals surface area contributed by atoms with E-state index in [0.29, 0.717) is 24.2 Å². The van der Waals surface area contributed by atoms with Crippen molar-refractivity contribution < 1.29 is 23.9 Å². The first-order chi connectivity index (χ1) is 16.2. The number of amides is 2. The Hall–Kier alpha value is -2.87. The zero-order chi connectivity index (χ0) is 26.1. The van der Waals surface area contributed by atoms with E-state index < -0.39 is 29.3 Å². The molecule has 35 heavy (non-hydrogen) atoms. The third-order valence-corrected chi connectivity index (χ3v) is 6.19. The van der Waals surface area contributed by atoms with Crippen molar-refractivity contribution in [3.05, 3.63) is 63.6 Å². The van der Waals surface area contributed by atoms with E-state index in [0.717, 1.165) is 15.6 Å². The number of halogens is 1. The van der Waals surface area contributed by atoms with Gasteiger partial charge in [0.15, 0.2) is 0 Å². The number of nitrogens with zero attached hydrogens (tertiary/aromatic N) is 2. The number of carbonyl (C=O) groups excluding carboxylic acids is 3. The van der Waals surface area contributed by atoms with Crippen LogP contribution < -0.4 is 4.90 Å². The largest absolute Gasteiger partial charge is 0.456 e. The number of benzene rings is 2. The third-order valence-electron chi connectivity index (χ3n) is 5.45. The summed E-state index contributed by atoms with van der Waals surface area (Å²) in [4.78, 5) is 42.3. The minimum atomic E-state index is -0.846. The lowest BCUT2D eigenvalue weighted by Gasteiger charge is -2.39. The fraction of sp³-hybridized carbons (Fsp3) is 0.444. The maximum absolute atomic E-state index is 13.8. The molecule has 0 radical (unpaired) electrons. The summed E-state index contributed by atoms with van der Waals surface area (Å²) >= 11 is 3.59. The van der Waals surface area contributed by atoms with E-state index in [9.17, 15) is 14.4 Å². The van der Waals surface area contributed by atoms with Gasteiger partial charge in [0.25, 0.3) is 5.91 Å². The van der Waals surface area contributed by atoms with Gasteiger partial charge in [0.05, 0.1) is 5.56 Å². The van der Waals surface area contributed by atoms with Crippen molar-refractivity contribution in [2.75, 3.05) is 18.5 Å². The summed E-state index contributed by atoms with van der Waals surface area (Å²) in [5.41, 5.74) is 1.46. The first-order valence-corrected chi connectivity index (χ1v) is 12.3. The summed E-state index contributed by atoms with van der Waals surface area (Å²) < 4.78 is 11.9. The third kappa shape index (κ3) is 6.42. The van der Waals surface area contributed by atoms with E-state index in [2.05, 4.69) is 15.9 Å². The number of anilines is 1. The standard InChI is InChI=1S/C27H33BrN2O5/c1-26(2,3)34-24(32)17-11-13-18(14-12-17)29(7)23(31)22-20-9-8-10-21(28)19(20)15-16-30(22)25(33)35-27(4,5)6/h8-14,22H,15-16H2,1-7H3. The van der Waals surface area contributed by atoms with Crippen molar-refractivity contribution in [2.45, 2.75) is 65.2 Å². The molecule has 0 aromatic heterocycles. The second kappa shape index (κ2) is 10.0. The summed E-state index contributed by atoms with van der Waals surface area (Å²) in [6, 6.07) is 11.5. The number of rotatable bonds is 3. The minimum Gasteiger partial charge on any atom is -0.456 e. The number of esters is 1. The highest BCUT2D eigenvalue weighted by atomic mass is 79.9. The first kappa shape index (κ1) is 26.7. The Balaban J connectivity index is 1.92. The molecule has 7 nitrogen and oxygen atoms in total. The number of likely N-dealkylation sites (N-methyl/N-ethyl adjacent to an activating group) is 1. The average Bonchev–Trinajstić information content (AvgIpc) is 2.75. The maximum Gasteiger partial charge on any atom is 0.411 e.